The molecule has 7 heteroatoms. The minimum Gasteiger partial charge on any atom is -0.478 e. The number of para-hydroxylation sites is 1. The summed E-state index contributed by atoms with van der Waals surface area (Å²) in [6, 6.07) is 7.51. The van der Waals surface area contributed by atoms with Crippen molar-refractivity contribution in [3.63, 3.8) is 0 Å². The first-order valence-electron chi connectivity index (χ1n) is 5.85. The van der Waals surface area contributed by atoms with Crippen LogP contribution in [0.3, 0.4) is 0 Å². The number of carboxylic acids is 1. The van der Waals surface area contributed by atoms with Crippen LogP contribution in [-0.2, 0) is 0 Å². The molecule has 0 saturated carbocycles. The summed E-state index contributed by atoms with van der Waals surface area (Å²) >= 11 is 0. The highest BCUT2D eigenvalue weighted by molar-refractivity contribution is 5.90. The van der Waals surface area contributed by atoms with Crippen molar-refractivity contribution in [2.75, 3.05) is 0 Å². The van der Waals surface area contributed by atoms with Gasteiger partial charge in [0.2, 0.25) is 6.10 Å². The number of benzene rings is 1. The largest absolute Gasteiger partial charge is 0.478 e. The van der Waals surface area contributed by atoms with Gasteiger partial charge in [-0.15, -0.1) is 0 Å². The monoisotopic (exact) mass is 297 g/mol. The van der Waals surface area contributed by atoms with Gasteiger partial charge in [0.25, 0.3) is 0 Å². The van der Waals surface area contributed by atoms with Gasteiger partial charge in [0.15, 0.2) is 0 Å². The average Bonchev–Trinajstić information content (AvgIpc) is 2.44. The predicted molar refractivity (Wildman–Crippen MR) is 67.1 cm³/mol. The molecule has 0 fully saturated rings. The zero-order chi connectivity index (χ0) is 15.5. The third-order valence-electron chi connectivity index (χ3n) is 2.67. The van der Waals surface area contributed by atoms with Crippen molar-refractivity contribution in [3.05, 3.63) is 59.9 Å². The van der Waals surface area contributed by atoms with E-state index >= 15 is 0 Å². The number of pyridine rings is 1. The number of aromatic carboxylic acids is 1. The molecule has 1 heterocycles. The summed E-state index contributed by atoms with van der Waals surface area (Å²) in [6.45, 7) is 0. The first kappa shape index (κ1) is 14.8. The van der Waals surface area contributed by atoms with Crippen molar-refractivity contribution in [1.29, 1.82) is 0 Å². The summed E-state index contributed by atoms with van der Waals surface area (Å²) in [5.74, 6) is -1.70. The van der Waals surface area contributed by atoms with Crippen molar-refractivity contribution in [2.45, 2.75) is 12.3 Å². The molecule has 1 aromatic heterocycles. The molecular formula is C14H10F3NO3. The lowest BCUT2D eigenvalue weighted by atomic mass is 10.1. The Morgan fingerprint density at radius 2 is 1.76 bits per heavy atom. The van der Waals surface area contributed by atoms with Gasteiger partial charge in [-0.3, -0.25) is 4.98 Å². The molecule has 1 N–H and O–H groups in total. The second kappa shape index (κ2) is 5.82. The Kier molecular flexibility index (Phi) is 4.11. The van der Waals surface area contributed by atoms with E-state index in [4.69, 9.17) is 9.84 Å². The van der Waals surface area contributed by atoms with Crippen LogP contribution < -0.4 is 4.74 Å². The molecule has 0 bridgehead atoms. The smallest absolute Gasteiger partial charge is 0.429 e. The van der Waals surface area contributed by atoms with Crippen LogP contribution in [0.15, 0.2) is 48.8 Å². The number of hydrogen-bond donors (Lipinski definition) is 1. The number of ether oxygens (including phenoxy) is 1. The van der Waals surface area contributed by atoms with Crippen LogP contribution in [0.25, 0.3) is 0 Å². The highest BCUT2D eigenvalue weighted by Gasteiger charge is 2.43. The summed E-state index contributed by atoms with van der Waals surface area (Å²) in [7, 11) is 0. The maximum absolute atomic E-state index is 13.1. The van der Waals surface area contributed by atoms with Crippen LogP contribution in [0.5, 0.6) is 5.75 Å². The number of alkyl halides is 3. The number of aromatic nitrogens is 1. The third-order valence-corrected chi connectivity index (χ3v) is 2.67. The first-order chi connectivity index (χ1) is 9.89. The molecule has 1 unspecified atom stereocenters. The highest BCUT2D eigenvalue weighted by atomic mass is 19.4. The van der Waals surface area contributed by atoms with Crippen LogP contribution in [0.4, 0.5) is 13.2 Å². The Hall–Kier alpha value is -2.57. The van der Waals surface area contributed by atoms with Crippen LogP contribution in [-0.4, -0.2) is 22.2 Å². The summed E-state index contributed by atoms with van der Waals surface area (Å²) in [6.07, 6.45) is -4.53. The number of hydrogen-bond acceptors (Lipinski definition) is 3. The summed E-state index contributed by atoms with van der Waals surface area (Å²) in [5.41, 5.74) is -0.488. The number of halogens is 3. The van der Waals surface area contributed by atoms with Gasteiger partial charge in [0, 0.05) is 18.0 Å². The normalized spacial score (nSPS) is 12.7. The van der Waals surface area contributed by atoms with Crippen molar-refractivity contribution in [2.24, 2.45) is 0 Å². The Balaban J connectivity index is 2.40. The van der Waals surface area contributed by atoms with Crippen molar-refractivity contribution in [3.8, 4) is 5.75 Å². The van der Waals surface area contributed by atoms with E-state index in [1.165, 1.54) is 48.8 Å². The highest BCUT2D eigenvalue weighted by Crippen LogP contribution is 2.37. The predicted octanol–water partition coefficient (Wildman–Crippen LogP) is 3.46. The Bertz CT molecular complexity index is 629. The Morgan fingerprint density at radius 3 is 2.33 bits per heavy atom. The molecule has 0 aliphatic rings. The average molecular weight is 297 g/mol. The quantitative estimate of drug-likeness (QED) is 0.938. The second-order valence-electron chi connectivity index (χ2n) is 4.12. The molecule has 110 valence electrons. The van der Waals surface area contributed by atoms with Gasteiger partial charge in [-0.05, 0) is 24.3 Å². The Morgan fingerprint density at radius 1 is 1.14 bits per heavy atom. The molecule has 0 aliphatic heterocycles. The fraction of sp³-hybridized carbons (Fsp3) is 0.143. The van der Waals surface area contributed by atoms with Gasteiger partial charge >= 0.3 is 12.1 Å². The SMILES string of the molecule is O=C(O)c1ccccc1OC(c1ccncc1)C(F)(F)F. The third kappa shape index (κ3) is 3.50. The number of carboxylic acid groups (broad SMARTS) is 1. The molecule has 1 aromatic carbocycles. The number of nitrogens with zero attached hydrogens (tertiary/aromatic N) is 1. The topological polar surface area (TPSA) is 59.4 Å². The lowest BCUT2D eigenvalue weighted by molar-refractivity contribution is -0.198. The van der Waals surface area contributed by atoms with Gasteiger partial charge in [-0.25, -0.2) is 4.79 Å². The van der Waals surface area contributed by atoms with Crippen LogP contribution >= 0.6 is 0 Å². The molecule has 0 spiro atoms. The van der Waals surface area contributed by atoms with Crippen molar-refractivity contribution >= 4 is 5.97 Å². The first-order valence-corrected chi connectivity index (χ1v) is 5.85. The molecule has 0 radical (unpaired) electrons. The van der Waals surface area contributed by atoms with Gasteiger partial charge in [0.05, 0.1) is 0 Å². The van der Waals surface area contributed by atoms with E-state index in [1.807, 2.05) is 0 Å². The van der Waals surface area contributed by atoms with E-state index < -0.39 is 18.2 Å². The lowest BCUT2D eigenvalue weighted by Gasteiger charge is -2.22. The molecule has 1 atom stereocenters. The lowest BCUT2D eigenvalue weighted by Crippen LogP contribution is -2.26. The van der Waals surface area contributed by atoms with Gasteiger partial charge in [0.1, 0.15) is 11.3 Å². The van der Waals surface area contributed by atoms with Gasteiger partial charge in [-0.1, -0.05) is 12.1 Å². The summed E-state index contributed by atoms with van der Waals surface area (Å²) < 4.78 is 44.3. The molecule has 2 rings (SSSR count). The minimum absolute atomic E-state index is 0.155. The minimum atomic E-state index is -4.69. The molecule has 0 amide bonds. The maximum Gasteiger partial charge on any atom is 0.429 e. The van der Waals surface area contributed by atoms with E-state index in [-0.39, 0.29) is 16.9 Å². The number of rotatable bonds is 4. The van der Waals surface area contributed by atoms with Crippen molar-refractivity contribution in [1.82, 2.24) is 4.98 Å². The van der Waals surface area contributed by atoms with Crippen LogP contribution in [0.2, 0.25) is 0 Å². The second-order valence-corrected chi connectivity index (χ2v) is 4.12. The van der Waals surface area contributed by atoms with E-state index in [0.717, 1.165) is 0 Å². The van der Waals surface area contributed by atoms with Crippen LogP contribution in [0.1, 0.15) is 22.0 Å². The van der Waals surface area contributed by atoms with Gasteiger partial charge in [-0.2, -0.15) is 13.2 Å². The van der Waals surface area contributed by atoms with Crippen LogP contribution in [0, 0.1) is 0 Å². The zero-order valence-corrected chi connectivity index (χ0v) is 10.5. The maximum atomic E-state index is 13.1. The molecule has 0 aliphatic carbocycles. The zero-order valence-electron chi connectivity index (χ0n) is 10.5. The summed E-state index contributed by atoms with van der Waals surface area (Å²) in [4.78, 5) is 14.7. The van der Waals surface area contributed by atoms with Crippen molar-refractivity contribution < 1.29 is 27.8 Å². The number of carbonyl (C=O) groups is 1. The molecule has 4 nitrogen and oxygen atoms in total. The fourth-order valence-electron chi connectivity index (χ4n) is 1.74. The van der Waals surface area contributed by atoms with Gasteiger partial charge < -0.3 is 9.84 Å². The van der Waals surface area contributed by atoms with E-state index in [1.54, 1.807) is 0 Å². The van der Waals surface area contributed by atoms with E-state index in [9.17, 15) is 18.0 Å². The Labute approximate surface area is 117 Å². The molecule has 0 saturated heterocycles. The fourth-order valence-corrected chi connectivity index (χ4v) is 1.74. The summed E-state index contributed by atoms with van der Waals surface area (Å²) in [5, 5.41) is 8.98. The van der Waals surface area contributed by atoms with E-state index in [2.05, 4.69) is 4.98 Å². The standard InChI is InChI=1S/C14H10F3NO3/c15-14(16,17)12(9-5-7-18-8-6-9)21-11-4-2-1-3-10(11)13(19)20/h1-8,12H,(H,19,20). The molecule has 2 aromatic rings. The molecule has 21 heavy (non-hydrogen) atoms. The molecular weight excluding hydrogens is 287 g/mol. The van der Waals surface area contributed by atoms with E-state index in [0.29, 0.717) is 0 Å².